The van der Waals surface area contributed by atoms with E-state index in [4.69, 9.17) is 9.15 Å². The van der Waals surface area contributed by atoms with Crippen LogP contribution in [0.15, 0.2) is 16.5 Å². The predicted octanol–water partition coefficient (Wildman–Crippen LogP) is 1.61. The Morgan fingerprint density at radius 1 is 1.40 bits per heavy atom. The van der Waals surface area contributed by atoms with Gasteiger partial charge in [0, 0.05) is 12.6 Å². The molecule has 0 radical (unpaired) electrons. The minimum atomic E-state index is 0.108. The summed E-state index contributed by atoms with van der Waals surface area (Å²) in [6.45, 7) is 4.56. The molecule has 0 bridgehead atoms. The van der Waals surface area contributed by atoms with Gasteiger partial charge in [-0.25, -0.2) is 0 Å². The van der Waals surface area contributed by atoms with Crippen LogP contribution in [0.2, 0.25) is 0 Å². The number of nitrogens with one attached hydrogen (secondary N) is 1. The Kier molecular flexibility index (Phi) is 2.11. The van der Waals surface area contributed by atoms with Gasteiger partial charge in [0.2, 0.25) is 0 Å². The third-order valence-corrected chi connectivity index (χ3v) is 3.33. The van der Waals surface area contributed by atoms with E-state index in [0.717, 1.165) is 37.3 Å². The van der Waals surface area contributed by atoms with E-state index in [1.165, 1.54) is 12.8 Å². The second kappa shape index (κ2) is 3.35. The van der Waals surface area contributed by atoms with Crippen molar-refractivity contribution in [1.29, 1.82) is 0 Å². The van der Waals surface area contributed by atoms with Crippen molar-refractivity contribution in [3.05, 3.63) is 23.7 Å². The van der Waals surface area contributed by atoms with Gasteiger partial charge in [-0.1, -0.05) is 0 Å². The van der Waals surface area contributed by atoms with Crippen LogP contribution < -0.4 is 5.32 Å². The summed E-state index contributed by atoms with van der Waals surface area (Å²) in [5, 5.41) is 3.57. The molecule has 1 saturated carbocycles. The monoisotopic (exact) mass is 207 g/mol. The van der Waals surface area contributed by atoms with Crippen LogP contribution in [-0.2, 0) is 10.2 Å². The largest absolute Gasteiger partial charge is 0.466 e. The summed E-state index contributed by atoms with van der Waals surface area (Å²) in [5.41, 5.74) is 0.108. The molecule has 1 aromatic rings. The fourth-order valence-electron chi connectivity index (χ4n) is 2.03. The minimum absolute atomic E-state index is 0.108. The van der Waals surface area contributed by atoms with Gasteiger partial charge in [0.25, 0.3) is 0 Å². The molecule has 3 nitrogen and oxygen atoms in total. The van der Waals surface area contributed by atoms with Crippen LogP contribution in [0.5, 0.6) is 0 Å². The number of aryl methyl sites for hydroxylation is 1. The highest BCUT2D eigenvalue weighted by molar-refractivity contribution is 5.21. The first-order valence-electron chi connectivity index (χ1n) is 5.67. The van der Waals surface area contributed by atoms with E-state index < -0.39 is 0 Å². The van der Waals surface area contributed by atoms with E-state index in [0.29, 0.717) is 0 Å². The van der Waals surface area contributed by atoms with E-state index >= 15 is 0 Å². The zero-order valence-electron chi connectivity index (χ0n) is 9.08. The summed E-state index contributed by atoms with van der Waals surface area (Å²) in [6.07, 6.45) is 2.65. The van der Waals surface area contributed by atoms with Crippen LogP contribution in [0.25, 0.3) is 0 Å². The Labute approximate surface area is 89.8 Å². The quantitative estimate of drug-likeness (QED) is 0.814. The molecule has 1 aromatic heterocycles. The van der Waals surface area contributed by atoms with Crippen LogP contribution in [0.3, 0.4) is 0 Å². The van der Waals surface area contributed by atoms with Crippen molar-refractivity contribution >= 4 is 0 Å². The average molecular weight is 207 g/mol. The second-order valence-electron chi connectivity index (χ2n) is 4.84. The lowest BCUT2D eigenvalue weighted by atomic mass is 9.83. The predicted molar refractivity (Wildman–Crippen MR) is 57.0 cm³/mol. The highest BCUT2D eigenvalue weighted by atomic mass is 16.5. The molecule has 3 heteroatoms. The molecule has 0 spiro atoms. The fourth-order valence-corrected chi connectivity index (χ4v) is 2.03. The Hall–Kier alpha value is -0.800. The number of hydrogen-bond acceptors (Lipinski definition) is 3. The lowest BCUT2D eigenvalue weighted by molar-refractivity contribution is -0.0692. The molecule has 1 aliphatic carbocycles. The lowest BCUT2D eigenvalue weighted by Gasteiger charge is -2.40. The molecule has 3 rings (SSSR count). The van der Waals surface area contributed by atoms with Crippen molar-refractivity contribution in [3.8, 4) is 0 Å². The van der Waals surface area contributed by atoms with Gasteiger partial charge in [0.15, 0.2) is 0 Å². The first-order valence-corrected chi connectivity index (χ1v) is 5.67. The maximum absolute atomic E-state index is 5.72. The van der Waals surface area contributed by atoms with Gasteiger partial charge in [-0.2, -0.15) is 0 Å². The molecule has 1 saturated heterocycles. The molecule has 2 fully saturated rings. The van der Waals surface area contributed by atoms with E-state index in [-0.39, 0.29) is 5.41 Å². The van der Waals surface area contributed by atoms with Crippen LogP contribution in [0, 0.1) is 6.92 Å². The molecule has 0 amide bonds. The van der Waals surface area contributed by atoms with E-state index in [1.807, 2.05) is 13.0 Å². The van der Waals surface area contributed by atoms with Gasteiger partial charge >= 0.3 is 0 Å². The molecule has 15 heavy (non-hydrogen) atoms. The first kappa shape index (κ1) is 9.43. The molecule has 2 heterocycles. The molecule has 82 valence electrons. The molecule has 2 aliphatic rings. The normalized spacial score (nSPS) is 23.8. The molecule has 0 aromatic carbocycles. The third-order valence-electron chi connectivity index (χ3n) is 3.33. The van der Waals surface area contributed by atoms with Crippen molar-refractivity contribution in [2.45, 2.75) is 31.2 Å². The summed E-state index contributed by atoms with van der Waals surface area (Å²) >= 11 is 0. The van der Waals surface area contributed by atoms with Crippen molar-refractivity contribution in [3.63, 3.8) is 0 Å². The summed E-state index contributed by atoms with van der Waals surface area (Å²) < 4.78 is 11.1. The number of furan rings is 1. The third kappa shape index (κ3) is 1.70. The molecular formula is C12H17NO2. The summed E-state index contributed by atoms with van der Waals surface area (Å²) in [5.74, 6) is 2.07. The topological polar surface area (TPSA) is 34.4 Å². The van der Waals surface area contributed by atoms with E-state index in [2.05, 4.69) is 11.4 Å². The Morgan fingerprint density at radius 3 is 2.67 bits per heavy atom. The first-order chi connectivity index (χ1) is 7.28. The van der Waals surface area contributed by atoms with Gasteiger partial charge in [-0.05, 0) is 31.9 Å². The standard InChI is InChI=1S/C12H17NO2/c1-9-2-5-11(15-9)12(7-14-8-12)6-13-10-3-4-10/h2,5,10,13H,3-4,6-8H2,1H3. The smallest absolute Gasteiger partial charge is 0.116 e. The molecular weight excluding hydrogens is 190 g/mol. The van der Waals surface area contributed by atoms with Gasteiger partial charge in [-0.15, -0.1) is 0 Å². The minimum Gasteiger partial charge on any atom is -0.466 e. The van der Waals surface area contributed by atoms with Gasteiger partial charge in [0.05, 0.1) is 18.6 Å². The zero-order valence-corrected chi connectivity index (χ0v) is 9.08. The fraction of sp³-hybridized carbons (Fsp3) is 0.667. The van der Waals surface area contributed by atoms with Gasteiger partial charge in [0.1, 0.15) is 11.5 Å². The lowest BCUT2D eigenvalue weighted by Crippen LogP contribution is -2.53. The zero-order chi connectivity index (χ0) is 10.3. The maximum atomic E-state index is 5.72. The second-order valence-corrected chi connectivity index (χ2v) is 4.84. The molecule has 1 aliphatic heterocycles. The number of hydrogen-bond donors (Lipinski definition) is 1. The molecule has 0 atom stereocenters. The SMILES string of the molecule is Cc1ccc(C2(CNC3CC3)COC2)o1. The van der Waals surface area contributed by atoms with Crippen LogP contribution >= 0.6 is 0 Å². The van der Waals surface area contributed by atoms with E-state index in [9.17, 15) is 0 Å². The van der Waals surface area contributed by atoms with E-state index in [1.54, 1.807) is 0 Å². The number of ether oxygens (including phenoxy) is 1. The highest BCUT2D eigenvalue weighted by Crippen LogP contribution is 2.34. The summed E-state index contributed by atoms with van der Waals surface area (Å²) in [4.78, 5) is 0. The van der Waals surface area contributed by atoms with Crippen LogP contribution in [-0.4, -0.2) is 25.8 Å². The Bertz CT molecular complexity index is 350. The van der Waals surface area contributed by atoms with Crippen LogP contribution in [0.4, 0.5) is 0 Å². The van der Waals surface area contributed by atoms with Gasteiger partial charge < -0.3 is 14.5 Å². The van der Waals surface area contributed by atoms with Crippen LogP contribution in [0.1, 0.15) is 24.4 Å². The molecule has 1 N–H and O–H groups in total. The van der Waals surface area contributed by atoms with Crippen molar-refractivity contribution in [1.82, 2.24) is 5.32 Å². The average Bonchev–Trinajstić information content (AvgIpc) is 2.88. The Morgan fingerprint density at radius 2 is 2.20 bits per heavy atom. The molecule has 0 unspecified atom stereocenters. The van der Waals surface area contributed by atoms with Crippen molar-refractivity contribution in [2.75, 3.05) is 19.8 Å². The highest BCUT2D eigenvalue weighted by Gasteiger charge is 2.43. The summed E-state index contributed by atoms with van der Waals surface area (Å²) in [7, 11) is 0. The Balaban J connectivity index is 1.72. The summed E-state index contributed by atoms with van der Waals surface area (Å²) in [6, 6.07) is 4.87. The van der Waals surface area contributed by atoms with Crippen molar-refractivity contribution in [2.24, 2.45) is 0 Å². The van der Waals surface area contributed by atoms with Gasteiger partial charge in [-0.3, -0.25) is 0 Å². The van der Waals surface area contributed by atoms with Crippen molar-refractivity contribution < 1.29 is 9.15 Å². The maximum Gasteiger partial charge on any atom is 0.116 e. The number of rotatable bonds is 4.